The molecule has 3 aromatic rings. The van der Waals surface area contributed by atoms with E-state index in [4.69, 9.17) is 0 Å². The zero-order chi connectivity index (χ0) is 19.9. The quantitative estimate of drug-likeness (QED) is 0.698. The predicted molar refractivity (Wildman–Crippen MR) is 86.0 cm³/mol. The number of nitrogens with zero attached hydrogens (tertiary/aromatic N) is 3. The summed E-state index contributed by atoms with van der Waals surface area (Å²) in [6, 6.07) is 0.712. The number of benzene rings is 1. The SMILES string of the molecule is Cc1nc(-c2cnn([C@@H](C)c3c(F)cc(C(F)(F)F)cc3F)c2)cc(=O)[nH]1. The number of hydrogen-bond donors (Lipinski definition) is 1. The first-order chi connectivity index (χ1) is 12.6. The van der Waals surface area contributed by atoms with E-state index in [1.165, 1.54) is 30.1 Å². The summed E-state index contributed by atoms with van der Waals surface area (Å²) in [5.74, 6) is -2.27. The molecule has 0 saturated heterocycles. The molecule has 0 aliphatic heterocycles. The summed E-state index contributed by atoms with van der Waals surface area (Å²) in [6.07, 6.45) is -2.10. The van der Waals surface area contributed by atoms with Crippen molar-refractivity contribution in [1.82, 2.24) is 19.7 Å². The Morgan fingerprint density at radius 2 is 1.78 bits per heavy atom. The van der Waals surface area contributed by atoms with Crippen LogP contribution >= 0.6 is 0 Å². The molecule has 10 heteroatoms. The molecule has 0 unspecified atom stereocenters. The van der Waals surface area contributed by atoms with Gasteiger partial charge in [0.25, 0.3) is 5.56 Å². The van der Waals surface area contributed by atoms with Crippen LogP contribution in [0.25, 0.3) is 11.3 Å². The maximum Gasteiger partial charge on any atom is 0.416 e. The van der Waals surface area contributed by atoms with Gasteiger partial charge in [0.15, 0.2) is 0 Å². The Bertz CT molecular complexity index is 1030. The fourth-order valence-corrected chi connectivity index (χ4v) is 2.69. The lowest BCUT2D eigenvalue weighted by Crippen LogP contribution is -2.14. The van der Waals surface area contributed by atoms with E-state index in [9.17, 15) is 26.7 Å². The van der Waals surface area contributed by atoms with E-state index >= 15 is 0 Å². The van der Waals surface area contributed by atoms with Gasteiger partial charge in [-0.25, -0.2) is 13.8 Å². The van der Waals surface area contributed by atoms with E-state index in [1.807, 2.05) is 0 Å². The third-order valence-corrected chi connectivity index (χ3v) is 3.98. The second-order valence-electron chi connectivity index (χ2n) is 5.95. The Morgan fingerprint density at radius 3 is 2.33 bits per heavy atom. The lowest BCUT2D eigenvalue weighted by Gasteiger charge is -2.16. The smallest absolute Gasteiger partial charge is 0.311 e. The molecule has 1 aromatic carbocycles. The van der Waals surface area contributed by atoms with Gasteiger partial charge in [0.2, 0.25) is 0 Å². The molecule has 0 amide bonds. The van der Waals surface area contributed by atoms with Crippen molar-refractivity contribution >= 4 is 0 Å². The first kappa shape index (κ1) is 18.7. The van der Waals surface area contributed by atoms with Crippen LogP contribution in [0.5, 0.6) is 0 Å². The summed E-state index contributed by atoms with van der Waals surface area (Å²) in [6.45, 7) is 2.98. The van der Waals surface area contributed by atoms with Crippen molar-refractivity contribution in [2.24, 2.45) is 0 Å². The van der Waals surface area contributed by atoms with Crippen molar-refractivity contribution in [3.8, 4) is 11.3 Å². The van der Waals surface area contributed by atoms with E-state index in [1.54, 1.807) is 6.92 Å². The van der Waals surface area contributed by atoms with Gasteiger partial charge in [0, 0.05) is 23.4 Å². The number of rotatable bonds is 3. The highest BCUT2D eigenvalue weighted by Crippen LogP contribution is 2.34. The molecular formula is C17H13F5N4O. The Hall–Kier alpha value is -3.04. The molecule has 1 atom stereocenters. The number of aryl methyl sites for hydroxylation is 1. The summed E-state index contributed by atoms with van der Waals surface area (Å²) in [4.78, 5) is 18.2. The largest absolute Gasteiger partial charge is 0.416 e. The van der Waals surface area contributed by atoms with E-state index in [2.05, 4.69) is 15.1 Å². The minimum atomic E-state index is -4.85. The monoisotopic (exact) mass is 384 g/mol. The van der Waals surface area contributed by atoms with Gasteiger partial charge in [0.05, 0.1) is 23.5 Å². The summed E-state index contributed by atoms with van der Waals surface area (Å²) < 4.78 is 67.6. The van der Waals surface area contributed by atoms with Gasteiger partial charge in [-0.1, -0.05) is 0 Å². The second kappa shape index (κ2) is 6.60. The van der Waals surface area contributed by atoms with Crippen LogP contribution in [0.15, 0.2) is 35.4 Å². The first-order valence-corrected chi connectivity index (χ1v) is 7.75. The van der Waals surface area contributed by atoms with Gasteiger partial charge in [-0.2, -0.15) is 18.3 Å². The van der Waals surface area contributed by atoms with Crippen LogP contribution in [0.4, 0.5) is 22.0 Å². The summed E-state index contributed by atoms with van der Waals surface area (Å²) in [5.41, 5.74) is -1.60. The highest BCUT2D eigenvalue weighted by atomic mass is 19.4. The highest BCUT2D eigenvalue weighted by molar-refractivity contribution is 5.56. The van der Waals surface area contributed by atoms with Gasteiger partial charge < -0.3 is 4.98 Å². The normalized spacial score (nSPS) is 13.0. The zero-order valence-electron chi connectivity index (χ0n) is 14.1. The molecule has 0 saturated carbocycles. The number of hydrogen-bond acceptors (Lipinski definition) is 3. The maximum absolute atomic E-state index is 14.2. The minimum Gasteiger partial charge on any atom is -0.311 e. The van der Waals surface area contributed by atoms with Crippen molar-refractivity contribution in [2.45, 2.75) is 26.1 Å². The summed E-state index contributed by atoms with van der Waals surface area (Å²) >= 11 is 0. The Balaban J connectivity index is 1.99. The number of H-pyrrole nitrogens is 1. The van der Waals surface area contributed by atoms with Crippen molar-refractivity contribution in [2.75, 3.05) is 0 Å². The molecule has 142 valence electrons. The van der Waals surface area contributed by atoms with Gasteiger partial charge >= 0.3 is 6.18 Å². The van der Waals surface area contributed by atoms with Crippen LogP contribution in [-0.4, -0.2) is 19.7 Å². The molecule has 0 aliphatic rings. The molecule has 5 nitrogen and oxygen atoms in total. The molecule has 2 aromatic heterocycles. The van der Waals surface area contributed by atoms with Crippen molar-refractivity contribution in [1.29, 1.82) is 0 Å². The molecule has 0 spiro atoms. The number of halogens is 5. The number of alkyl halides is 3. The molecule has 2 heterocycles. The van der Waals surface area contributed by atoms with E-state index in [0.717, 1.165) is 0 Å². The summed E-state index contributed by atoms with van der Waals surface area (Å²) in [7, 11) is 0. The van der Waals surface area contributed by atoms with Gasteiger partial charge in [0.1, 0.15) is 17.5 Å². The fraction of sp³-hybridized carbons (Fsp3) is 0.235. The average Bonchev–Trinajstić information content (AvgIpc) is 3.02. The third-order valence-electron chi connectivity index (χ3n) is 3.98. The standard InChI is InChI=1S/C17H13F5N4O/c1-8(16-12(18)3-11(4-13(16)19)17(20,21)22)26-7-10(6-23-26)14-5-15(27)25-9(2)24-14/h3-8H,1-2H3,(H,24,25,27)/t8-/m0/s1. The molecule has 0 radical (unpaired) electrons. The second-order valence-corrected chi connectivity index (χ2v) is 5.95. The first-order valence-electron chi connectivity index (χ1n) is 7.75. The number of nitrogens with one attached hydrogen (secondary N) is 1. The lowest BCUT2D eigenvalue weighted by molar-refractivity contribution is -0.138. The fourth-order valence-electron chi connectivity index (χ4n) is 2.69. The number of aromatic amines is 1. The van der Waals surface area contributed by atoms with Crippen LogP contribution in [0.2, 0.25) is 0 Å². The topological polar surface area (TPSA) is 63.6 Å². The van der Waals surface area contributed by atoms with Crippen LogP contribution < -0.4 is 5.56 Å². The average molecular weight is 384 g/mol. The van der Waals surface area contributed by atoms with Crippen LogP contribution in [0.3, 0.4) is 0 Å². The molecule has 27 heavy (non-hydrogen) atoms. The summed E-state index contributed by atoms with van der Waals surface area (Å²) in [5, 5.41) is 3.99. The molecule has 0 bridgehead atoms. The van der Waals surface area contributed by atoms with E-state index in [-0.39, 0.29) is 17.7 Å². The Morgan fingerprint density at radius 1 is 1.15 bits per heavy atom. The maximum atomic E-state index is 14.2. The van der Waals surface area contributed by atoms with Gasteiger partial charge in [-0.05, 0) is 26.0 Å². The predicted octanol–water partition coefficient (Wildman–Crippen LogP) is 3.85. The molecular weight excluding hydrogens is 371 g/mol. The van der Waals surface area contributed by atoms with E-state index in [0.29, 0.717) is 17.1 Å². The molecule has 1 N–H and O–H groups in total. The zero-order valence-corrected chi connectivity index (χ0v) is 14.1. The Labute approximate surface area is 149 Å². The third kappa shape index (κ3) is 3.74. The van der Waals surface area contributed by atoms with Gasteiger partial charge in [-0.3, -0.25) is 9.48 Å². The van der Waals surface area contributed by atoms with Crippen molar-refractivity contribution in [3.05, 3.63) is 69.5 Å². The van der Waals surface area contributed by atoms with Crippen LogP contribution in [0.1, 0.15) is 29.9 Å². The highest BCUT2D eigenvalue weighted by Gasteiger charge is 2.33. The van der Waals surface area contributed by atoms with E-state index < -0.39 is 35.0 Å². The molecule has 0 aliphatic carbocycles. The molecule has 3 rings (SSSR count). The number of aromatic nitrogens is 4. The van der Waals surface area contributed by atoms with Crippen molar-refractivity contribution < 1.29 is 22.0 Å². The van der Waals surface area contributed by atoms with Gasteiger partial charge in [-0.15, -0.1) is 0 Å². The van der Waals surface area contributed by atoms with Crippen LogP contribution in [0, 0.1) is 18.6 Å². The lowest BCUT2D eigenvalue weighted by atomic mass is 10.0. The van der Waals surface area contributed by atoms with Crippen LogP contribution in [-0.2, 0) is 6.18 Å². The Kier molecular flexibility index (Phi) is 4.58. The minimum absolute atomic E-state index is 0.251. The van der Waals surface area contributed by atoms with Crippen molar-refractivity contribution in [3.63, 3.8) is 0 Å². The molecule has 0 fully saturated rings.